The van der Waals surface area contributed by atoms with Crippen LogP contribution in [-0.2, 0) is 13.1 Å². The Hall–Kier alpha value is -0.800. The van der Waals surface area contributed by atoms with Crippen LogP contribution in [0.5, 0.6) is 0 Å². The number of nitrogens with zero attached hydrogens (tertiary/aromatic N) is 1. The fraction of sp³-hybridized carbons (Fsp3) is 0.714. The van der Waals surface area contributed by atoms with Crippen molar-refractivity contribution in [2.75, 3.05) is 7.05 Å². The van der Waals surface area contributed by atoms with Crippen molar-refractivity contribution >= 4 is 0 Å². The first kappa shape index (κ1) is 12.7. The second kappa shape index (κ2) is 5.23. The third kappa shape index (κ3) is 3.58. The number of nitrogens with one attached hydrogen (secondary N) is 1. The number of aryl methyl sites for hydroxylation is 1. The van der Waals surface area contributed by atoms with Gasteiger partial charge in [0.2, 0.25) is 0 Å². The molecule has 1 aliphatic carbocycles. The first-order chi connectivity index (χ1) is 8.06. The molecule has 2 rings (SSSR count). The van der Waals surface area contributed by atoms with Crippen LogP contribution in [0, 0.1) is 6.92 Å². The third-order valence-corrected chi connectivity index (χ3v) is 3.35. The lowest BCUT2D eigenvalue weighted by atomic mass is 10.2. The van der Waals surface area contributed by atoms with Crippen LogP contribution in [0.2, 0.25) is 0 Å². The Morgan fingerprint density at radius 1 is 1.47 bits per heavy atom. The molecular weight excluding hydrogens is 212 g/mol. The minimum Gasteiger partial charge on any atom is -0.465 e. The molecule has 0 aromatic carbocycles. The standard InChI is InChI=1S/C14H24N2O/c1-10(2)15-8-14-7-12(11(3)17-14)9-16(4)13-5-6-13/h7,10,13,15H,5-6,8-9H2,1-4H3. The summed E-state index contributed by atoms with van der Waals surface area (Å²) in [6.45, 7) is 8.21. The first-order valence-electron chi connectivity index (χ1n) is 6.58. The Bertz CT molecular complexity index is 366. The van der Waals surface area contributed by atoms with Crippen LogP contribution in [0.4, 0.5) is 0 Å². The summed E-state index contributed by atoms with van der Waals surface area (Å²) < 4.78 is 5.78. The van der Waals surface area contributed by atoms with E-state index < -0.39 is 0 Å². The van der Waals surface area contributed by atoms with Gasteiger partial charge in [0.25, 0.3) is 0 Å². The minimum absolute atomic E-state index is 0.498. The second-order valence-electron chi connectivity index (χ2n) is 5.48. The van der Waals surface area contributed by atoms with E-state index in [2.05, 4.69) is 44.1 Å². The Morgan fingerprint density at radius 3 is 2.76 bits per heavy atom. The van der Waals surface area contributed by atoms with Gasteiger partial charge in [-0.25, -0.2) is 0 Å². The zero-order valence-corrected chi connectivity index (χ0v) is 11.4. The monoisotopic (exact) mass is 236 g/mol. The van der Waals surface area contributed by atoms with Crippen molar-refractivity contribution in [1.29, 1.82) is 0 Å². The lowest BCUT2D eigenvalue weighted by Crippen LogP contribution is -2.21. The molecule has 0 saturated heterocycles. The van der Waals surface area contributed by atoms with Crippen molar-refractivity contribution in [3.8, 4) is 0 Å². The summed E-state index contributed by atoms with van der Waals surface area (Å²) in [4.78, 5) is 2.43. The number of hydrogen-bond donors (Lipinski definition) is 1. The van der Waals surface area contributed by atoms with Gasteiger partial charge in [0, 0.05) is 24.2 Å². The van der Waals surface area contributed by atoms with E-state index in [9.17, 15) is 0 Å². The average molecular weight is 236 g/mol. The molecule has 3 nitrogen and oxygen atoms in total. The fourth-order valence-electron chi connectivity index (χ4n) is 2.05. The predicted molar refractivity (Wildman–Crippen MR) is 69.9 cm³/mol. The number of hydrogen-bond acceptors (Lipinski definition) is 3. The van der Waals surface area contributed by atoms with Gasteiger partial charge in [0.15, 0.2) is 0 Å². The largest absolute Gasteiger partial charge is 0.465 e. The van der Waals surface area contributed by atoms with E-state index in [4.69, 9.17) is 4.42 Å². The van der Waals surface area contributed by atoms with Crippen LogP contribution >= 0.6 is 0 Å². The zero-order chi connectivity index (χ0) is 12.4. The van der Waals surface area contributed by atoms with Crippen LogP contribution < -0.4 is 5.32 Å². The van der Waals surface area contributed by atoms with Crippen molar-refractivity contribution in [2.45, 2.75) is 58.8 Å². The van der Waals surface area contributed by atoms with E-state index >= 15 is 0 Å². The van der Waals surface area contributed by atoms with Gasteiger partial charge in [0.1, 0.15) is 11.5 Å². The highest BCUT2D eigenvalue weighted by Crippen LogP contribution is 2.27. The summed E-state index contributed by atoms with van der Waals surface area (Å²) in [7, 11) is 2.20. The summed E-state index contributed by atoms with van der Waals surface area (Å²) >= 11 is 0. The van der Waals surface area contributed by atoms with Gasteiger partial charge in [-0.1, -0.05) is 13.8 Å². The number of furan rings is 1. The maximum absolute atomic E-state index is 5.78. The Labute approximate surface area is 104 Å². The molecular formula is C14H24N2O. The summed E-state index contributed by atoms with van der Waals surface area (Å²) in [6.07, 6.45) is 2.71. The lowest BCUT2D eigenvalue weighted by molar-refractivity contribution is 0.313. The van der Waals surface area contributed by atoms with Gasteiger partial charge >= 0.3 is 0 Å². The number of rotatable bonds is 6. The fourth-order valence-corrected chi connectivity index (χ4v) is 2.05. The highest BCUT2D eigenvalue weighted by atomic mass is 16.3. The molecule has 1 N–H and O–H groups in total. The molecule has 0 atom stereocenters. The molecule has 96 valence electrons. The van der Waals surface area contributed by atoms with Crippen molar-refractivity contribution in [2.24, 2.45) is 0 Å². The van der Waals surface area contributed by atoms with E-state index in [1.54, 1.807) is 0 Å². The molecule has 1 fully saturated rings. The normalized spacial score (nSPS) is 16.1. The molecule has 0 spiro atoms. The van der Waals surface area contributed by atoms with E-state index in [1.165, 1.54) is 18.4 Å². The third-order valence-electron chi connectivity index (χ3n) is 3.35. The van der Waals surface area contributed by atoms with Crippen LogP contribution in [0.3, 0.4) is 0 Å². The SMILES string of the molecule is Cc1oc(CNC(C)C)cc1CN(C)C1CC1. The summed E-state index contributed by atoms with van der Waals surface area (Å²) in [5, 5.41) is 3.38. The topological polar surface area (TPSA) is 28.4 Å². The second-order valence-corrected chi connectivity index (χ2v) is 5.48. The zero-order valence-electron chi connectivity index (χ0n) is 11.4. The average Bonchev–Trinajstić information content (AvgIpc) is 3.03. The molecule has 0 unspecified atom stereocenters. The molecule has 1 aromatic rings. The van der Waals surface area contributed by atoms with Crippen LogP contribution in [0.25, 0.3) is 0 Å². The molecule has 0 bridgehead atoms. The molecule has 17 heavy (non-hydrogen) atoms. The van der Waals surface area contributed by atoms with E-state index in [-0.39, 0.29) is 0 Å². The highest BCUT2D eigenvalue weighted by molar-refractivity contribution is 5.21. The minimum atomic E-state index is 0.498. The molecule has 3 heteroatoms. The van der Waals surface area contributed by atoms with Crippen molar-refractivity contribution in [3.63, 3.8) is 0 Å². The van der Waals surface area contributed by atoms with Gasteiger partial charge in [-0.15, -0.1) is 0 Å². The van der Waals surface area contributed by atoms with Crippen LogP contribution in [0.1, 0.15) is 43.8 Å². The predicted octanol–water partition coefficient (Wildman–Crippen LogP) is 2.68. The Morgan fingerprint density at radius 2 is 2.18 bits per heavy atom. The maximum atomic E-state index is 5.78. The van der Waals surface area contributed by atoms with Gasteiger partial charge < -0.3 is 9.73 Å². The molecule has 1 saturated carbocycles. The van der Waals surface area contributed by atoms with Crippen molar-refractivity contribution in [1.82, 2.24) is 10.2 Å². The molecule has 1 aromatic heterocycles. The van der Waals surface area contributed by atoms with Gasteiger partial charge in [-0.3, -0.25) is 4.90 Å². The first-order valence-corrected chi connectivity index (χ1v) is 6.58. The van der Waals surface area contributed by atoms with Crippen molar-refractivity contribution in [3.05, 3.63) is 23.2 Å². The molecule has 0 amide bonds. The molecule has 0 radical (unpaired) electrons. The molecule has 0 aliphatic heterocycles. The summed E-state index contributed by atoms with van der Waals surface area (Å²) in [6, 6.07) is 3.50. The smallest absolute Gasteiger partial charge is 0.118 e. The van der Waals surface area contributed by atoms with Gasteiger partial charge in [-0.05, 0) is 32.9 Å². The molecule has 1 heterocycles. The van der Waals surface area contributed by atoms with E-state index in [0.29, 0.717) is 6.04 Å². The van der Waals surface area contributed by atoms with Crippen molar-refractivity contribution < 1.29 is 4.42 Å². The van der Waals surface area contributed by atoms with E-state index in [1.807, 2.05) is 0 Å². The Balaban J connectivity index is 1.92. The van der Waals surface area contributed by atoms with E-state index in [0.717, 1.165) is 30.7 Å². The Kier molecular flexibility index (Phi) is 3.89. The van der Waals surface area contributed by atoms with Crippen LogP contribution in [-0.4, -0.2) is 24.0 Å². The lowest BCUT2D eigenvalue weighted by Gasteiger charge is -2.14. The quantitative estimate of drug-likeness (QED) is 0.823. The maximum Gasteiger partial charge on any atom is 0.118 e. The van der Waals surface area contributed by atoms with Crippen LogP contribution in [0.15, 0.2) is 10.5 Å². The summed E-state index contributed by atoms with van der Waals surface area (Å²) in [5.74, 6) is 2.12. The summed E-state index contributed by atoms with van der Waals surface area (Å²) in [5.41, 5.74) is 1.33. The highest BCUT2D eigenvalue weighted by Gasteiger charge is 2.26. The van der Waals surface area contributed by atoms with Gasteiger partial charge in [0.05, 0.1) is 6.54 Å². The van der Waals surface area contributed by atoms with Gasteiger partial charge in [-0.2, -0.15) is 0 Å². The molecule has 1 aliphatic rings.